The number of nitrogens with one attached hydrogen (secondary N) is 1. The Kier molecular flexibility index (Phi) is 6.49. The topological polar surface area (TPSA) is 58.6 Å². The fourth-order valence-corrected chi connectivity index (χ4v) is 3.65. The first kappa shape index (κ1) is 21.9. The van der Waals surface area contributed by atoms with Crippen LogP contribution in [-0.2, 0) is 9.53 Å². The Hall–Kier alpha value is -2.82. The molecule has 1 saturated heterocycles. The summed E-state index contributed by atoms with van der Waals surface area (Å²) < 4.78 is 5.35. The van der Waals surface area contributed by atoms with E-state index in [4.69, 9.17) is 4.74 Å². The Morgan fingerprint density at radius 3 is 2.30 bits per heavy atom. The lowest BCUT2D eigenvalue weighted by molar-refractivity contribution is -0.118. The molecule has 160 valence electrons. The number of amides is 2. The molecule has 5 nitrogen and oxygen atoms in total. The molecule has 0 aromatic heterocycles. The highest BCUT2D eigenvalue weighted by Crippen LogP contribution is 2.30. The van der Waals surface area contributed by atoms with Crippen LogP contribution in [0, 0.1) is 5.92 Å². The van der Waals surface area contributed by atoms with Crippen molar-refractivity contribution in [2.24, 2.45) is 5.92 Å². The molecule has 1 aliphatic heterocycles. The average Bonchev–Trinajstić information content (AvgIpc) is 2.63. The van der Waals surface area contributed by atoms with E-state index in [9.17, 15) is 9.59 Å². The quantitative estimate of drug-likeness (QED) is 0.693. The van der Waals surface area contributed by atoms with Crippen LogP contribution in [0.2, 0.25) is 0 Å². The van der Waals surface area contributed by atoms with Gasteiger partial charge in [-0.25, -0.2) is 4.79 Å². The van der Waals surface area contributed by atoms with Crippen molar-refractivity contribution in [3.8, 4) is 11.1 Å². The third-order valence-electron chi connectivity index (χ3n) is 5.15. The van der Waals surface area contributed by atoms with Gasteiger partial charge in [-0.15, -0.1) is 0 Å². The standard InChI is InChI=1S/C25H32N2O3/c1-17(2)21-8-6-7-9-22(21)19-10-12-20(13-11-19)26-23(28)14-18-15-27(16-18)24(29)30-25(3,4)5/h6-13,17-18H,14-16H2,1-5H3,(H,26,28). The largest absolute Gasteiger partial charge is 0.444 e. The molecule has 0 saturated carbocycles. The molecule has 2 amide bonds. The normalized spacial score (nSPS) is 14.4. The van der Waals surface area contributed by atoms with Crippen LogP contribution in [-0.4, -0.2) is 35.6 Å². The molecule has 0 bridgehead atoms. The summed E-state index contributed by atoms with van der Waals surface area (Å²) in [4.78, 5) is 26.0. The molecule has 0 radical (unpaired) electrons. The lowest BCUT2D eigenvalue weighted by Crippen LogP contribution is -2.52. The van der Waals surface area contributed by atoms with Gasteiger partial charge in [0.25, 0.3) is 0 Å². The summed E-state index contributed by atoms with van der Waals surface area (Å²) in [5, 5.41) is 2.97. The van der Waals surface area contributed by atoms with E-state index in [-0.39, 0.29) is 17.9 Å². The van der Waals surface area contributed by atoms with Crippen LogP contribution in [0.1, 0.15) is 52.5 Å². The zero-order valence-corrected chi connectivity index (χ0v) is 18.6. The Balaban J connectivity index is 1.51. The van der Waals surface area contributed by atoms with Gasteiger partial charge in [0.15, 0.2) is 0 Å². The van der Waals surface area contributed by atoms with Gasteiger partial charge in [-0.2, -0.15) is 0 Å². The molecule has 3 rings (SSSR count). The predicted octanol–water partition coefficient (Wildman–Crippen LogP) is 5.67. The zero-order valence-electron chi connectivity index (χ0n) is 18.6. The van der Waals surface area contributed by atoms with Crippen molar-refractivity contribution in [3.63, 3.8) is 0 Å². The second-order valence-corrected chi connectivity index (χ2v) is 9.32. The van der Waals surface area contributed by atoms with Gasteiger partial charge in [0.05, 0.1) is 0 Å². The first-order chi connectivity index (χ1) is 14.1. The van der Waals surface area contributed by atoms with Gasteiger partial charge >= 0.3 is 6.09 Å². The number of benzene rings is 2. The van der Waals surface area contributed by atoms with Crippen molar-refractivity contribution in [2.45, 2.75) is 52.6 Å². The first-order valence-electron chi connectivity index (χ1n) is 10.6. The molecule has 1 N–H and O–H groups in total. The number of ether oxygens (including phenoxy) is 1. The summed E-state index contributed by atoms with van der Waals surface area (Å²) in [7, 11) is 0. The molecule has 1 heterocycles. The monoisotopic (exact) mass is 408 g/mol. The van der Waals surface area contributed by atoms with Crippen molar-refractivity contribution in [3.05, 3.63) is 54.1 Å². The van der Waals surface area contributed by atoms with Gasteiger partial charge in [0.2, 0.25) is 5.91 Å². The van der Waals surface area contributed by atoms with Gasteiger partial charge in [0, 0.05) is 31.1 Å². The Morgan fingerprint density at radius 2 is 1.70 bits per heavy atom. The molecule has 0 aliphatic carbocycles. The number of hydrogen-bond donors (Lipinski definition) is 1. The molecule has 0 unspecified atom stereocenters. The fourth-order valence-electron chi connectivity index (χ4n) is 3.65. The van der Waals surface area contributed by atoms with Crippen LogP contribution in [0.4, 0.5) is 10.5 Å². The summed E-state index contributed by atoms with van der Waals surface area (Å²) in [6.07, 6.45) is 0.0912. The predicted molar refractivity (Wildman–Crippen MR) is 121 cm³/mol. The van der Waals surface area contributed by atoms with E-state index in [1.165, 1.54) is 11.1 Å². The highest BCUT2D eigenvalue weighted by Gasteiger charge is 2.34. The van der Waals surface area contributed by atoms with E-state index < -0.39 is 5.60 Å². The smallest absolute Gasteiger partial charge is 0.410 e. The molecule has 30 heavy (non-hydrogen) atoms. The van der Waals surface area contributed by atoms with E-state index in [0.717, 1.165) is 11.3 Å². The summed E-state index contributed by atoms with van der Waals surface area (Å²) in [5.41, 5.74) is 3.97. The number of nitrogens with zero attached hydrogens (tertiary/aromatic N) is 1. The summed E-state index contributed by atoms with van der Waals surface area (Å²) in [6.45, 7) is 11.1. The van der Waals surface area contributed by atoms with Crippen LogP contribution in [0.15, 0.2) is 48.5 Å². The number of likely N-dealkylation sites (tertiary alicyclic amines) is 1. The average molecular weight is 409 g/mol. The molecule has 2 aromatic rings. The molecule has 0 atom stereocenters. The van der Waals surface area contributed by atoms with Crippen LogP contribution < -0.4 is 5.32 Å². The molecular weight excluding hydrogens is 376 g/mol. The van der Waals surface area contributed by atoms with E-state index in [0.29, 0.717) is 25.4 Å². The lowest BCUT2D eigenvalue weighted by Gasteiger charge is -2.39. The van der Waals surface area contributed by atoms with E-state index >= 15 is 0 Å². The van der Waals surface area contributed by atoms with E-state index in [1.807, 2.05) is 45.0 Å². The maximum atomic E-state index is 12.4. The van der Waals surface area contributed by atoms with Crippen LogP contribution in [0.25, 0.3) is 11.1 Å². The Labute approximate surface area is 179 Å². The number of rotatable bonds is 5. The third-order valence-corrected chi connectivity index (χ3v) is 5.15. The molecular formula is C25H32N2O3. The minimum absolute atomic E-state index is 0.0285. The van der Waals surface area contributed by atoms with Crippen LogP contribution in [0.5, 0.6) is 0 Å². The third kappa shape index (κ3) is 5.62. The van der Waals surface area contributed by atoms with E-state index in [1.54, 1.807) is 4.90 Å². The highest BCUT2D eigenvalue weighted by molar-refractivity contribution is 5.91. The number of anilines is 1. The molecule has 5 heteroatoms. The summed E-state index contributed by atoms with van der Waals surface area (Å²) >= 11 is 0. The zero-order chi connectivity index (χ0) is 21.9. The second-order valence-electron chi connectivity index (χ2n) is 9.32. The minimum atomic E-state index is -0.499. The molecule has 1 fully saturated rings. The maximum absolute atomic E-state index is 12.4. The van der Waals surface area contributed by atoms with Crippen molar-refractivity contribution in [1.82, 2.24) is 4.90 Å². The second kappa shape index (κ2) is 8.90. The number of carbonyl (C=O) groups excluding carboxylic acids is 2. The lowest BCUT2D eigenvalue weighted by atomic mass is 9.92. The van der Waals surface area contributed by atoms with E-state index in [2.05, 4.69) is 43.4 Å². The van der Waals surface area contributed by atoms with Gasteiger partial charge in [0.1, 0.15) is 5.60 Å². The van der Waals surface area contributed by atoms with Gasteiger partial charge in [-0.05, 0) is 55.5 Å². The maximum Gasteiger partial charge on any atom is 0.410 e. The number of hydrogen-bond acceptors (Lipinski definition) is 3. The molecule has 2 aromatic carbocycles. The summed E-state index contributed by atoms with van der Waals surface area (Å²) in [5.74, 6) is 0.595. The van der Waals surface area contributed by atoms with Crippen molar-refractivity contribution in [2.75, 3.05) is 18.4 Å². The van der Waals surface area contributed by atoms with Crippen molar-refractivity contribution >= 4 is 17.7 Å². The SMILES string of the molecule is CC(C)c1ccccc1-c1ccc(NC(=O)CC2CN(C(=O)OC(C)(C)C)C2)cc1. The first-order valence-corrected chi connectivity index (χ1v) is 10.6. The fraction of sp³-hybridized carbons (Fsp3) is 0.440. The van der Waals surface area contributed by atoms with Crippen LogP contribution >= 0.6 is 0 Å². The Bertz CT molecular complexity index is 891. The highest BCUT2D eigenvalue weighted by atomic mass is 16.6. The number of carbonyl (C=O) groups is 2. The van der Waals surface area contributed by atoms with Gasteiger partial charge in [-0.1, -0.05) is 50.2 Å². The minimum Gasteiger partial charge on any atom is -0.444 e. The van der Waals surface area contributed by atoms with Crippen molar-refractivity contribution in [1.29, 1.82) is 0 Å². The van der Waals surface area contributed by atoms with Gasteiger partial charge < -0.3 is 15.0 Å². The molecule has 0 spiro atoms. The van der Waals surface area contributed by atoms with Gasteiger partial charge in [-0.3, -0.25) is 4.79 Å². The van der Waals surface area contributed by atoms with Crippen molar-refractivity contribution < 1.29 is 14.3 Å². The Morgan fingerprint density at radius 1 is 1.07 bits per heavy atom. The van der Waals surface area contributed by atoms with Crippen LogP contribution in [0.3, 0.4) is 0 Å². The summed E-state index contributed by atoms with van der Waals surface area (Å²) in [6, 6.07) is 16.4. The molecule has 1 aliphatic rings.